The van der Waals surface area contributed by atoms with Crippen LogP contribution in [-0.4, -0.2) is 18.4 Å². The molecule has 22 heavy (non-hydrogen) atoms. The number of nitrogens with two attached hydrogens (primary N) is 1. The highest BCUT2D eigenvalue weighted by molar-refractivity contribution is 6.30. The fourth-order valence-corrected chi connectivity index (χ4v) is 1.87. The molecule has 2 aromatic carbocycles. The van der Waals surface area contributed by atoms with Gasteiger partial charge in [-0.3, -0.25) is 9.59 Å². The van der Waals surface area contributed by atoms with Gasteiger partial charge in [-0.25, -0.2) is 4.39 Å². The van der Waals surface area contributed by atoms with Gasteiger partial charge >= 0.3 is 0 Å². The minimum absolute atomic E-state index is 0.0491. The van der Waals surface area contributed by atoms with Gasteiger partial charge in [0.2, 0.25) is 5.91 Å². The molecule has 0 aromatic heterocycles. The molecule has 5 nitrogen and oxygen atoms in total. The van der Waals surface area contributed by atoms with E-state index in [2.05, 4.69) is 10.6 Å². The summed E-state index contributed by atoms with van der Waals surface area (Å²) in [6, 6.07) is 10.4. The summed E-state index contributed by atoms with van der Waals surface area (Å²) in [4.78, 5) is 22.8. The molecule has 7 heteroatoms. The highest BCUT2D eigenvalue weighted by atomic mass is 35.5. The molecule has 2 aromatic rings. The molecule has 0 unspecified atom stereocenters. The molecule has 0 atom stereocenters. The van der Waals surface area contributed by atoms with Crippen LogP contribution >= 0.6 is 11.6 Å². The van der Waals surface area contributed by atoms with E-state index in [4.69, 9.17) is 17.3 Å². The summed E-state index contributed by atoms with van der Waals surface area (Å²) in [5, 5.41) is 6.02. The minimum Gasteiger partial charge on any atom is -0.376 e. The molecule has 0 spiro atoms. The fraction of sp³-hybridized carbons (Fsp3) is 0.0667. The average Bonchev–Trinajstić information content (AvgIpc) is 2.48. The highest BCUT2D eigenvalue weighted by Crippen LogP contribution is 2.15. The Morgan fingerprint density at radius 3 is 2.36 bits per heavy atom. The number of primary amides is 1. The van der Waals surface area contributed by atoms with Crippen LogP contribution in [0.25, 0.3) is 0 Å². The molecule has 0 radical (unpaired) electrons. The lowest BCUT2D eigenvalue weighted by atomic mass is 10.2. The van der Waals surface area contributed by atoms with Gasteiger partial charge in [0.05, 0.1) is 12.1 Å². The van der Waals surface area contributed by atoms with Gasteiger partial charge in [0.1, 0.15) is 5.82 Å². The van der Waals surface area contributed by atoms with Crippen LogP contribution in [0.3, 0.4) is 0 Å². The molecular formula is C15H13ClFN3O2. The first-order valence-corrected chi connectivity index (χ1v) is 6.72. The van der Waals surface area contributed by atoms with Crippen LogP contribution in [0, 0.1) is 5.82 Å². The lowest BCUT2D eigenvalue weighted by Crippen LogP contribution is -2.22. The number of halogens is 2. The van der Waals surface area contributed by atoms with E-state index in [0.717, 1.165) is 6.07 Å². The van der Waals surface area contributed by atoms with E-state index in [9.17, 15) is 14.0 Å². The van der Waals surface area contributed by atoms with Crippen LogP contribution in [0.1, 0.15) is 10.4 Å². The Hall–Kier alpha value is -2.60. The number of carbonyl (C=O) groups excluding carboxylic acids is 2. The van der Waals surface area contributed by atoms with Crippen molar-refractivity contribution in [1.82, 2.24) is 0 Å². The van der Waals surface area contributed by atoms with E-state index in [0.29, 0.717) is 16.4 Å². The molecule has 2 rings (SSSR count). The number of hydrogen-bond acceptors (Lipinski definition) is 3. The van der Waals surface area contributed by atoms with Crippen molar-refractivity contribution in [3.05, 3.63) is 58.9 Å². The van der Waals surface area contributed by atoms with Crippen LogP contribution in [0.4, 0.5) is 15.8 Å². The number of nitrogens with one attached hydrogen (secondary N) is 2. The summed E-state index contributed by atoms with van der Waals surface area (Å²) >= 11 is 5.75. The number of amides is 2. The predicted octanol–water partition coefficient (Wildman–Crippen LogP) is 2.63. The van der Waals surface area contributed by atoms with Gasteiger partial charge in [-0.05, 0) is 42.5 Å². The molecule has 0 aliphatic rings. The third kappa shape index (κ3) is 4.20. The van der Waals surface area contributed by atoms with Gasteiger partial charge < -0.3 is 16.4 Å². The van der Waals surface area contributed by atoms with Crippen LogP contribution in [0.15, 0.2) is 42.5 Å². The molecule has 0 heterocycles. The Balaban J connectivity index is 1.95. The van der Waals surface area contributed by atoms with Crippen LogP contribution in [-0.2, 0) is 4.79 Å². The van der Waals surface area contributed by atoms with Gasteiger partial charge in [-0.15, -0.1) is 0 Å². The van der Waals surface area contributed by atoms with Gasteiger partial charge in [0.15, 0.2) is 0 Å². The number of rotatable bonds is 5. The van der Waals surface area contributed by atoms with Crippen molar-refractivity contribution in [1.29, 1.82) is 0 Å². The van der Waals surface area contributed by atoms with Crippen molar-refractivity contribution < 1.29 is 14.0 Å². The van der Waals surface area contributed by atoms with Crippen LogP contribution in [0.2, 0.25) is 5.02 Å². The topological polar surface area (TPSA) is 84.2 Å². The zero-order valence-electron chi connectivity index (χ0n) is 11.4. The number of anilines is 2. The van der Waals surface area contributed by atoms with Gasteiger partial charge in [-0.2, -0.15) is 0 Å². The second kappa shape index (κ2) is 6.91. The van der Waals surface area contributed by atoms with E-state index in [1.54, 1.807) is 24.3 Å². The van der Waals surface area contributed by atoms with Gasteiger partial charge in [-0.1, -0.05) is 11.6 Å². The standard InChI is InChI=1S/C15H13ClFN3O2/c16-9-1-3-10(4-2-9)20-14(21)8-19-11-5-6-13(17)12(7-11)15(18)22/h1-7,19H,8H2,(H2,18,22)(H,20,21). The van der Waals surface area contributed by atoms with Crippen LogP contribution in [0.5, 0.6) is 0 Å². The molecule has 0 aliphatic heterocycles. The van der Waals surface area contributed by atoms with Crippen molar-refractivity contribution in [2.24, 2.45) is 5.73 Å². The first-order chi connectivity index (χ1) is 10.5. The summed E-state index contributed by atoms with van der Waals surface area (Å²) in [5.41, 5.74) is 5.85. The zero-order valence-corrected chi connectivity index (χ0v) is 12.2. The smallest absolute Gasteiger partial charge is 0.251 e. The third-order valence-corrected chi connectivity index (χ3v) is 3.06. The second-order valence-electron chi connectivity index (χ2n) is 4.47. The van der Waals surface area contributed by atoms with E-state index in [1.807, 2.05) is 0 Å². The SMILES string of the molecule is NC(=O)c1cc(NCC(=O)Nc2ccc(Cl)cc2)ccc1F. The Morgan fingerprint density at radius 2 is 1.73 bits per heavy atom. The van der Waals surface area contributed by atoms with Gasteiger partial charge in [0.25, 0.3) is 5.91 Å². The first kappa shape index (κ1) is 15.8. The van der Waals surface area contributed by atoms with E-state index >= 15 is 0 Å². The first-order valence-electron chi connectivity index (χ1n) is 6.34. The maximum atomic E-state index is 13.3. The normalized spacial score (nSPS) is 10.1. The van der Waals surface area contributed by atoms with Gasteiger partial charge in [0, 0.05) is 16.4 Å². The summed E-state index contributed by atoms with van der Waals surface area (Å²) in [6.45, 7) is -0.0491. The maximum absolute atomic E-state index is 13.3. The van der Waals surface area contributed by atoms with Crippen molar-refractivity contribution >= 4 is 34.8 Å². The third-order valence-electron chi connectivity index (χ3n) is 2.81. The summed E-state index contributed by atoms with van der Waals surface area (Å²) in [5.74, 6) is -1.87. The quantitative estimate of drug-likeness (QED) is 0.791. The molecule has 114 valence electrons. The lowest BCUT2D eigenvalue weighted by Gasteiger charge is -2.09. The van der Waals surface area contributed by atoms with Crippen molar-refractivity contribution in [3.8, 4) is 0 Å². The van der Waals surface area contributed by atoms with E-state index in [-0.39, 0.29) is 18.0 Å². The molecule has 0 bridgehead atoms. The van der Waals surface area contributed by atoms with Crippen molar-refractivity contribution in [2.75, 3.05) is 17.2 Å². The largest absolute Gasteiger partial charge is 0.376 e. The average molecular weight is 322 g/mol. The molecule has 2 amide bonds. The summed E-state index contributed by atoms with van der Waals surface area (Å²) < 4.78 is 13.3. The number of benzene rings is 2. The number of carbonyl (C=O) groups is 2. The second-order valence-corrected chi connectivity index (χ2v) is 4.90. The highest BCUT2D eigenvalue weighted by Gasteiger charge is 2.09. The minimum atomic E-state index is -0.869. The predicted molar refractivity (Wildman–Crippen MR) is 83.5 cm³/mol. The zero-order chi connectivity index (χ0) is 16.1. The molecule has 0 saturated carbocycles. The molecular weight excluding hydrogens is 309 g/mol. The van der Waals surface area contributed by atoms with E-state index < -0.39 is 11.7 Å². The summed E-state index contributed by atoms with van der Waals surface area (Å²) in [7, 11) is 0. The fourth-order valence-electron chi connectivity index (χ4n) is 1.74. The van der Waals surface area contributed by atoms with Crippen molar-refractivity contribution in [2.45, 2.75) is 0 Å². The Kier molecular flexibility index (Phi) is 4.95. The van der Waals surface area contributed by atoms with E-state index in [1.165, 1.54) is 12.1 Å². The maximum Gasteiger partial charge on any atom is 0.251 e. The Morgan fingerprint density at radius 1 is 1.09 bits per heavy atom. The molecule has 0 fully saturated rings. The number of hydrogen-bond donors (Lipinski definition) is 3. The Labute approximate surface area is 131 Å². The summed E-state index contributed by atoms with van der Waals surface area (Å²) in [6.07, 6.45) is 0. The lowest BCUT2D eigenvalue weighted by molar-refractivity contribution is -0.114. The molecule has 0 saturated heterocycles. The van der Waals surface area contributed by atoms with Crippen molar-refractivity contribution in [3.63, 3.8) is 0 Å². The Bertz CT molecular complexity index is 704. The monoisotopic (exact) mass is 321 g/mol. The molecule has 4 N–H and O–H groups in total. The molecule has 0 aliphatic carbocycles. The van der Waals surface area contributed by atoms with Crippen LogP contribution < -0.4 is 16.4 Å².